The zero-order valence-electron chi connectivity index (χ0n) is 18.0. The minimum Gasteiger partial charge on any atom is -0.455 e. The second-order valence-electron chi connectivity index (χ2n) is 8.45. The van der Waals surface area contributed by atoms with Crippen molar-refractivity contribution in [3.05, 3.63) is 70.7 Å². The topological polar surface area (TPSA) is 21.4 Å². The third-order valence-electron chi connectivity index (χ3n) is 5.78. The molecule has 0 spiro atoms. The molecule has 2 aromatic heterocycles. The lowest BCUT2D eigenvalue weighted by Crippen LogP contribution is -2.30. The van der Waals surface area contributed by atoms with Gasteiger partial charge >= 0.3 is 0 Å². The second kappa shape index (κ2) is 7.04. The van der Waals surface area contributed by atoms with Crippen LogP contribution in [0.25, 0.3) is 38.0 Å². The molecule has 0 aliphatic heterocycles. The molecule has 4 rings (SSSR count). The van der Waals surface area contributed by atoms with E-state index in [0.29, 0.717) is 0 Å². The van der Waals surface area contributed by atoms with Crippen molar-refractivity contribution in [2.24, 2.45) is 7.05 Å². The predicted octanol–water partition coefficient (Wildman–Crippen LogP) is 7.18. The molecule has 29 heavy (non-hydrogen) atoms. The number of furan rings is 1. The molecule has 146 valence electrons. The van der Waals surface area contributed by atoms with Crippen LogP contribution < -0.4 is 4.57 Å². The van der Waals surface area contributed by atoms with Crippen LogP contribution in [0.5, 0.6) is 0 Å². The van der Waals surface area contributed by atoms with Gasteiger partial charge in [0, 0.05) is 22.9 Å². The van der Waals surface area contributed by atoms with Crippen molar-refractivity contribution in [3.63, 3.8) is 0 Å². The Kier molecular flexibility index (Phi) is 4.67. The zero-order valence-corrected chi connectivity index (χ0v) is 18.0. The fourth-order valence-electron chi connectivity index (χ4n) is 4.47. The Morgan fingerprint density at radius 2 is 1.66 bits per heavy atom. The Bertz CT molecular complexity index is 1290. The second-order valence-corrected chi connectivity index (χ2v) is 8.45. The lowest BCUT2D eigenvalue weighted by atomic mass is 9.87. The first kappa shape index (κ1) is 19.2. The Labute approximate surface area is 172 Å². The van der Waals surface area contributed by atoms with Crippen LogP contribution in [-0.4, -0.2) is 0 Å². The fourth-order valence-corrected chi connectivity index (χ4v) is 4.47. The van der Waals surface area contributed by atoms with E-state index < -0.39 is 0 Å². The quantitative estimate of drug-likeness (QED) is 0.271. The van der Waals surface area contributed by atoms with Crippen LogP contribution in [0.15, 0.2) is 47.0 Å². The van der Waals surface area contributed by atoms with Gasteiger partial charge in [0.25, 0.3) is 0 Å². The smallest absolute Gasteiger partial charge is 0.216 e. The van der Waals surface area contributed by atoms with E-state index in [9.17, 15) is 0 Å². The molecule has 0 saturated carbocycles. The lowest BCUT2D eigenvalue weighted by molar-refractivity contribution is -0.660. The third-order valence-corrected chi connectivity index (χ3v) is 5.78. The summed E-state index contributed by atoms with van der Waals surface area (Å²) in [6, 6.07) is 12.5. The van der Waals surface area contributed by atoms with Crippen LogP contribution >= 0.6 is 0 Å². The first-order valence-corrected chi connectivity index (χ1v) is 10.2. The Morgan fingerprint density at radius 1 is 0.931 bits per heavy atom. The van der Waals surface area contributed by atoms with Crippen molar-refractivity contribution < 1.29 is 8.98 Å². The van der Waals surface area contributed by atoms with Gasteiger partial charge < -0.3 is 4.42 Å². The average Bonchev–Trinajstić information content (AvgIpc) is 3.04. The van der Waals surface area contributed by atoms with Crippen LogP contribution in [0.1, 0.15) is 56.2 Å². The molecule has 4 aromatic rings. The van der Waals surface area contributed by atoms with Crippen LogP contribution in [0.4, 0.5) is 5.69 Å². The van der Waals surface area contributed by atoms with Crippen molar-refractivity contribution in [1.82, 2.24) is 0 Å². The van der Waals surface area contributed by atoms with Gasteiger partial charge in [-0.2, -0.15) is 0 Å². The molecule has 0 atom stereocenters. The summed E-state index contributed by atoms with van der Waals surface area (Å²) in [5, 5.41) is 2.12. The van der Waals surface area contributed by atoms with Gasteiger partial charge in [-0.3, -0.25) is 0 Å². The summed E-state index contributed by atoms with van der Waals surface area (Å²) >= 11 is 0. The molecule has 2 heterocycles. The van der Waals surface area contributed by atoms with Crippen molar-refractivity contribution >= 4 is 27.6 Å². The van der Waals surface area contributed by atoms with Crippen molar-refractivity contribution in [3.8, 4) is 11.3 Å². The minimum absolute atomic E-state index is 0.266. The van der Waals surface area contributed by atoms with Crippen LogP contribution in [0.2, 0.25) is 0 Å². The third kappa shape index (κ3) is 2.91. The van der Waals surface area contributed by atoms with E-state index in [1.165, 1.54) is 11.1 Å². The summed E-state index contributed by atoms with van der Waals surface area (Å²) in [6.07, 6.45) is 2.06. The first-order valence-electron chi connectivity index (χ1n) is 10.2. The summed E-state index contributed by atoms with van der Waals surface area (Å²) in [5.41, 5.74) is 8.27. The summed E-state index contributed by atoms with van der Waals surface area (Å²) in [6.45, 7) is 18.6. The predicted molar refractivity (Wildman–Crippen MR) is 120 cm³/mol. The van der Waals surface area contributed by atoms with Gasteiger partial charge in [-0.05, 0) is 47.6 Å². The highest BCUT2D eigenvalue weighted by Gasteiger charge is 2.25. The SMILES string of the molecule is [C-]#[N+]c1cc2c(oc3c(-c4cccc[n+]4C)c(C)ccc32)c(C(C)C)c1C(C)C. The summed E-state index contributed by atoms with van der Waals surface area (Å²) in [4.78, 5) is 3.89. The maximum absolute atomic E-state index is 7.78. The first-order chi connectivity index (χ1) is 13.8. The largest absolute Gasteiger partial charge is 0.455 e. The highest BCUT2D eigenvalue weighted by atomic mass is 16.3. The number of rotatable bonds is 3. The van der Waals surface area contributed by atoms with E-state index in [2.05, 4.69) is 81.5 Å². The number of aryl methyl sites for hydroxylation is 2. The average molecular weight is 384 g/mol. The van der Waals surface area contributed by atoms with Crippen LogP contribution in [0, 0.1) is 13.5 Å². The van der Waals surface area contributed by atoms with Gasteiger partial charge in [-0.1, -0.05) is 39.8 Å². The maximum atomic E-state index is 7.78. The molecule has 0 aliphatic carbocycles. The number of aromatic nitrogens is 1. The van der Waals surface area contributed by atoms with Crippen LogP contribution in [-0.2, 0) is 7.05 Å². The lowest BCUT2D eigenvalue weighted by Gasteiger charge is -2.18. The van der Waals surface area contributed by atoms with Gasteiger partial charge in [0.15, 0.2) is 11.9 Å². The molecule has 0 radical (unpaired) electrons. The monoisotopic (exact) mass is 383 g/mol. The van der Waals surface area contributed by atoms with E-state index in [0.717, 1.165) is 44.4 Å². The highest BCUT2D eigenvalue weighted by Crippen LogP contribution is 2.45. The van der Waals surface area contributed by atoms with Gasteiger partial charge in [0.1, 0.15) is 18.2 Å². The minimum atomic E-state index is 0.266. The summed E-state index contributed by atoms with van der Waals surface area (Å²) in [5.74, 6) is 0.539. The zero-order chi connectivity index (χ0) is 20.9. The molecule has 2 aromatic carbocycles. The number of hydrogen-bond donors (Lipinski definition) is 0. The molecule has 0 saturated heterocycles. The van der Waals surface area contributed by atoms with Gasteiger partial charge in [0.05, 0.1) is 12.1 Å². The molecular formula is C26H27N2O+. The number of nitrogens with zero attached hydrogens (tertiary/aromatic N) is 2. The molecule has 0 unspecified atom stereocenters. The number of fused-ring (bicyclic) bond motifs is 3. The molecule has 0 N–H and O–H groups in total. The standard InChI is InChI=1S/C26H27N2O/c1-15(2)22-20(27-6)14-19-18-12-11-17(5)24(21-10-8-9-13-28(21)7)25(18)29-26(19)23(22)16(3)4/h8-16H,1-5,7H3/q+1. The summed E-state index contributed by atoms with van der Waals surface area (Å²) in [7, 11) is 2.06. The molecule has 0 bridgehead atoms. The van der Waals surface area contributed by atoms with E-state index in [4.69, 9.17) is 11.0 Å². The van der Waals surface area contributed by atoms with E-state index in [-0.39, 0.29) is 11.8 Å². The van der Waals surface area contributed by atoms with E-state index in [1.54, 1.807) is 0 Å². The Balaban J connectivity index is 2.21. The molecule has 3 heteroatoms. The molecule has 0 aliphatic rings. The Hall–Kier alpha value is -3.12. The van der Waals surface area contributed by atoms with Crippen LogP contribution in [0.3, 0.4) is 0 Å². The van der Waals surface area contributed by atoms with Gasteiger partial charge in [-0.15, -0.1) is 0 Å². The summed E-state index contributed by atoms with van der Waals surface area (Å²) < 4.78 is 8.77. The van der Waals surface area contributed by atoms with Gasteiger partial charge in [0.2, 0.25) is 5.69 Å². The number of hydrogen-bond acceptors (Lipinski definition) is 1. The van der Waals surface area contributed by atoms with Crippen molar-refractivity contribution in [1.29, 1.82) is 0 Å². The van der Waals surface area contributed by atoms with Crippen molar-refractivity contribution in [2.75, 3.05) is 0 Å². The van der Waals surface area contributed by atoms with E-state index >= 15 is 0 Å². The number of benzene rings is 2. The van der Waals surface area contributed by atoms with Crippen molar-refractivity contribution in [2.45, 2.75) is 46.5 Å². The highest BCUT2D eigenvalue weighted by molar-refractivity contribution is 6.12. The normalized spacial score (nSPS) is 11.7. The molecular weight excluding hydrogens is 356 g/mol. The van der Waals surface area contributed by atoms with Gasteiger partial charge in [-0.25, -0.2) is 9.41 Å². The number of pyridine rings is 1. The van der Waals surface area contributed by atoms with E-state index in [1.807, 2.05) is 12.1 Å². The molecule has 3 nitrogen and oxygen atoms in total. The Morgan fingerprint density at radius 3 is 2.28 bits per heavy atom. The maximum Gasteiger partial charge on any atom is 0.216 e. The molecule has 0 amide bonds. The fraction of sp³-hybridized carbons (Fsp3) is 0.308. The molecule has 0 fully saturated rings.